The molecule has 0 heterocycles. The van der Waals surface area contributed by atoms with E-state index in [0.29, 0.717) is 11.7 Å². The standard InChI is InChI=1S/C20H22O/c1-3-14(2)15-8-10-16(11-9-15)20(21)19-12-17-6-4-5-7-18(17)13-19/h4-11,14,19H,3,12-13H2,1-2H3. The zero-order valence-electron chi connectivity index (χ0n) is 12.8. The number of hydrogen-bond acceptors (Lipinski definition) is 1. The zero-order valence-corrected chi connectivity index (χ0v) is 12.8. The van der Waals surface area contributed by atoms with Crippen LogP contribution in [-0.4, -0.2) is 5.78 Å². The van der Waals surface area contributed by atoms with Crippen molar-refractivity contribution in [2.75, 3.05) is 0 Å². The van der Waals surface area contributed by atoms with Gasteiger partial charge < -0.3 is 0 Å². The molecule has 0 N–H and O–H groups in total. The Hall–Kier alpha value is -1.89. The summed E-state index contributed by atoms with van der Waals surface area (Å²) in [6.07, 6.45) is 2.91. The zero-order chi connectivity index (χ0) is 14.8. The highest BCUT2D eigenvalue weighted by atomic mass is 16.1. The Morgan fingerprint density at radius 1 is 1.05 bits per heavy atom. The lowest BCUT2D eigenvalue weighted by Gasteiger charge is -2.11. The molecule has 3 rings (SSSR count). The van der Waals surface area contributed by atoms with E-state index in [-0.39, 0.29) is 5.92 Å². The summed E-state index contributed by atoms with van der Waals surface area (Å²) in [7, 11) is 0. The molecule has 1 heteroatoms. The first-order valence-electron chi connectivity index (χ1n) is 7.90. The van der Waals surface area contributed by atoms with Gasteiger partial charge in [0.25, 0.3) is 0 Å². The fourth-order valence-electron chi connectivity index (χ4n) is 3.19. The molecule has 0 aromatic heterocycles. The van der Waals surface area contributed by atoms with Crippen molar-refractivity contribution in [3.63, 3.8) is 0 Å². The smallest absolute Gasteiger partial charge is 0.166 e. The molecule has 1 nitrogen and oxygen atoms in total. The number of benzene rings is 2. The summed E-state index contributed by atoms with van der Waals surface area (Å²) in [5.41, 5.74) is 4.86. The molecule has 1 unspecified atom stereocenters. The third kappa shape index (κ3) is 2.78. The summed E-state index contributed by atoms with van der Waals surface area (Å²) in [4.78, 5) is 12.7. The third-order valence-electron chi connectivity index (χ3n) is 4.80. The molecule has 1 aliphatic rings. The summed E-state index contributed by atoms with van der Waals surface area (Å²) in [6, 6.07) is 16.7. The highest BCUT2D eigenvalue weighted by Gasteiger charge is 2.27. The van der Waals surface area contributed by atoms with Gasteiger partial charge in [-0.3, -0.25) is 4.79 Å². The molecule has 0 amide bonds. The van der Waals surface area contributed by atoms with Crippen LogP contribution in [0, 0.1) is 5.92 Å². The van der Waals surface area contributed by atoms with Gasteiger partial charge in [0.15, 0.2) is 5.78 Å². The van der Waals surface area contributed by atoms with Crippen molar-refractivity contribution in [1.82, 2.24) is 0 Å². The molecule has 0 radical (unpaired) electrons. The molecule has 21 heavy (non-hydrogen) atoms. The maximum atomic E-state index is 12.7. The van der Waals surface area contributed by atoms with Gasteiger partial charge in [-0.05, 0) is 41.9 Å². The fourth-order valence-corrected chi connectivity index (χ4v) is 3.19. The molecule has 0 bridgehead atoms. The summed E-state index contributed by atoms with van der Waals surface area (Å²) < 4.78 is 0. The van der Waals surface area contributed by atoms with E-state index in [0.717, 1.165) is 24.8 Å². The number of Topliss-reactive ketones (excluding diaryl/α,β-unsaturated/α-hetero) is 1. The topological polar surface area (TPSA) is 17.1 Å². The lowest BCUT2D eigenvalue weighted by atomic mass is 9.92. The quantitative estimate of drug-likeness (QED) is 0.734. The van der Waals surface area contributed by atoms with Gasteiger partial charge in [-0.2, -0.15) is 0 Å². The average molecular weight is 278 g/mol. The molecule has 0 saturated carbocycles. The van der Waals surface area contributed by atoms with Crippen LogP contribution in [0.2, 0.25) is 0 Å². The van der Waals surface area contributed by atoms with Gasteiger partial charge in [-0.25, -0.2) is 0 Å². The minimum atomic E-state index is 0.122. The molecular formula is C20H22O. The number of carbonyl (C=O) groups excluding carboxylic acids is 1. The molecule has 1 atom stereocenters. The van der Waals surface area contributed by atoms with Gasteiger partial charge in [0.2, 0.25) is 0 Å². The van der Waals surface area contributed by atoms with Crippen molar-refractivity contribution in [2.45, 2.75) is 39.0 Å². The van der Waals surface area contributed by atoms with Crippen molar-refractivity contribution in [1.29, 1.82) is 0 Å². The molecule has 108 valence electrons. The van der Waals surface area contributed by atoms with Gasteiger partial charge in [0.05, 0.1) is 0 Å². The van der Waals surface area contributed by atoms with E-state index >= 15 is 0 Å². The monoisotopic (exact) mass is 278 g/mol. The summed E-state index contributed by atoms with van der Waals surface area (Å²) >= 11 is 0. The molecule has 2 aromatic carbocycles. The maximum Gasteiger partial charge on any atom is 0.166 e. The summed E-state index contributed by atoms with van der Waals surface area (Å²) in [6.45, 7) is 4.42. The van der Waals surface area contributed by atoms with E-state index in [1.165, 1.54) is 16.7 Å². The lowest BCUT2D eigenvalue weighted by molar-refractivity contribution is 0.0924. The van der Waals surface area contributed by atoms with E-state index in [2.05, 4.69) is 50.2 Å². The van der Waals surface area contributed by atoms with E-state index < -0.39 is 0 Å². The van der Waals surface area contributed by atoms with Crippen LogP contribution in [0.4, 0.5) is 0 Å². The second-order valence-electron chi connectivity index (χ2n) is 6.17. The van der Waals surface area contributed by atoms with Crippen LogP contribution < -0.4 is 0 Å². The Morgan fingerprint density at radius 2 is 1.62 bits per heavy atom. The Balaban J connectivity index is 1.75. The van der Waals surface area contributed by atoms with Crippen molar-refractivity contribution in [2.24, 2.45) is 5.92 Å². The molecule has 0 fully saturated rings. The number of carbonyl (C=O) groups is 1. The molecular weight excluding hydrogens is 256 g/mol. The Bertz CT molecular complexity index is 614. The first kappa shape index (κ1) is 14.1. The number of rotatable bonds is 4. The Morgan fingerprint density at radius 3 is 2.14 bits per heavy atom. The van der Waals surface area contributed by atoms with E-state index in [1.54, 1.807) is 0 Å². The van der Waals surface area contributed by atoms with Crippen LogP contribution in [0.15, 0.2) is 48.5 Å². The minimum Gasteiger partial charge on any atom is -0.294 e. The SMILES string of the molecule is CCC(C)c1ccc(C(=O)C2Cc3ccccc3C2)cc1. The van der Waals surface area contributed by atoms with Gasteiger partial charge in [0, 0.05) is 11.5 Å². The Labute approximate surface area is 127 Å². The highest BCUT2D eigenvalue weighted by molar-refractivity contribution is 5.98. The largest absolute Gasteiger partial charge is 0.294 e. The van der Waals surface area contributed by atoms with Crippen molar-refractivity contribution in [3.05, 3.63) is 70.8 Å². The number of fused-ring (bicyclic) bond motifs is 1. The van der Waals surface area contributed by atoms with E-state index in [4.69, 9.17) is 0 Å². The second kappa shape index (κ2) is 5.85. The van der Waals surface area contributed by atoms with Crippen molar-refractivity contribution >= 4 is 5.78 Å². The summed E-state index contributed by atoms with van der Waals surface area (Å²) in [5.74, 6) is 0.976. The van der Waals surface area contributed by atoms with Crippen LogP contribution in [0.1, 0.15) is 53.2 Å². The second-order valence-corrected chi connectivity index (χ2v) is 6.17. The van der Waals surface area contributed by atoms with E-state index in [9.17, 15) is 4.79 Å². The average Bonchev–Trinajstić information content (AvgIpc) is 2.97. The van der Waals surface area contributed by atoms with Crippen LogP contribution in [0.3, 0.4) is 0 Å². The minimum absolute atomic E-state index is 0.122. The van der Waals surface area contributed by atoms with Gasteiger partial charge in [0.1, 0.15) is 0 Å². The summed E-state index contributed by atoms with van der Waals surface area (Å²) in [5, 5.41) is 0. The van der Waals surface area contributed by atoms with E-state index in [1.807, 2.05) is 12.1 Å². The Kier molecular flexibility index (Phi) is 3.92. The fraction of sp³-hybridized carbons (Fsp3) is 0.350. The van der Waals surface area contributed by atoms with Crippen LogP contribution >= 0.6 is 0 Å². The van der Waals surface area contributed by atoms with Gasteiger partial charge in [-0.1, -0.05) is 62.4 Å². The van der Waals surface area contributed by atoms with Crippen LogP contribution in [-0.2, 0) is 12.8 Å². The molecule has 0 saturated heterocycles. The van der Waals surface area contributed by atoms with Crippen molar-refractivity contribution < 1.29 is 4.79 Å². The normalized spacial score (nSPS) is 15.7. The predicted molar refractivity (Wildman–Crippen MR) is 86.8 cm³/mol. The molecule has 1 aliphatic carbocycles. The number of hydrogen-bond donors (Lipinski definition) is 0. The lowest BCUT2D eigenvalue weighted by Crippen LogP contribution is -2.15. The van der Waals surface area contributed by atoms with Gasteiger partial charge >= 0.3 is 0 Å². The highest BCUT2D eigenvalue weighted by Crippen LogP contribution is 2.29. The van der Waals surface area contributed by atoms with Gasteiger partial charge in [-0.15, -0.1) is 0 Å². The number of ketones is 1. The third-order valence-corrected chi connectivity index (χ3v) is 4.80. The maximum absolute atomic E-state index is 12.7. The molecule has 0 aliphatic heterocycles. The first-order chi connectivity index (χ1) is 10.2. The van der Waals surface area contributed by atoms with Crippen LogP contribution in [0.25, 0.3) is 0 Å². The molecule has 0 spiro atoms. The first-order valence-corrected chi connectivity index (χ1v) is 7.90. The predicted octanol–water partition coefficient (Wildman–Crippen LogP) is 4.80. The van der Waals surface area contributed by atoms with Crippen molar-refractivity contribution in [3.8, 4) is 0 Å². The molecule has 2 aromatic rings. The van der Waals surface area contributed by atoms with Crippen LogP contribution in [0.5, 0.6) is 0 Å².